The molecular formula is C21H27N3O5. The molecule has 0 unspecified atom stereocenters. The van der Waals surface area contributed by atoms with Gasteiger partial charge in [0, 0.05) is 20.1 Å². The number of aryl methyl sites for hydroxylation is 1. The second kappa shape index (κ2) is 10.3. The molecule has 0 radical (unpaired) electrons. The molecule has 0 bridgehead atoms. The van der Waals surface area contributed by atoms with E-state index in [4.69, 9.17) is 4.42 Å². The predicted molar refractivity (Wildman–Crippen MR) is 107 cm³/mol. The van der Waals surface area contributed by atoms with E-state index in [1.165, 1.54) is 12.0 Å². The van der Waals surface area contributed by atoms with Crippen LogP contribution in [0.3, 0.4) is 0 Å². The van der Waals surface area contributed by atoms with Crippen molar-refractivity contribution in [1.29, 1.82) is 0 Å². The van der Waals surface area contributed by atoms with Gasteiger partial charge in [0.05, 0.1) is 20.2 Å². The first kappa shape index (κ1) is 22.0. The van der Waals surface area contributed by atoms with Gasteiger partial charge in [0.25, 0.3) is 0 Å². The molecule has 0 saturated carbocycles. The van der Waals surface area contributed by atoms with Gasteiger partial charge in [0.1, 0.15) is 17.1 Å². The van der Waals surface area contributed by atoms with Crippen LogP contribution in [0.25, 0.3) is 0 Å². The van der Waals surface area contributed by atoms with Crippen LogP contribution in [0.4, 0.5) is 4.79 Å². The topological polar surface area (TPSA) is 92.1 Å². The molecule has 1 aromatic heterocycles. The second-order valence-corrected chi connectivity index (χ2v) is 6.58. The largest absolute Gasteiger partial charge is 0.465 e. The molecule has 0 spiro atoms. The fourth-order valence-corrected chi connectivity index (χ4v) is 2.82. The molecule has 2 aromatic rings. The molecule has 8 nitrogen and oxygen atoms in total. The molecule has 29 heavy (non-hydrogen) atoms. The number of rotatable bonds is 8. The summed E-state index contributed by atoms with van der Waals surface area (Å²) in [5, 5.41) is 2.62. The summed E-state index contributed by atoms with van der Waals surface area (Å²) in [6, 6.07) is 10.8. The van der Waals surface area contributed by atoms with E-state index in [1.807, 2.05) is 37.3 Å². The van der Waals surface area contributed by atoms with Crippen LogP contribution in [0.5, 0.6) is 0 Å². The third-order valence-electron chi connectivity index (χ3n) is 4.46. The SMILES string of the molecule is CCN(Cc1ccccc1)C(=O)CNC(=O)N(C)Cc1cc(C(=O)OC)c(C)o1. The van der Waals surface area contributed by atoms with E-state index in [-0.39, 0.29) is 19.0 Å². The zero-order chi connectivity index (χ0) is 21.4. The zero-order valence-corrected chi connectivity index (χ0v) is 17.2. The van der Waals surface area contributed by atoms with Crippen molar-refractivity contribution in [2.75, 3.05) is 27.2 Å². The Labute approximate surface area is 170 Å². The molecule has 8 heteroatoms. The maximum atomic E-state index is 12.4. The summed E-state index contributed by atoms with van der Waals surface area (Å²) >= 11 is 0. The van der Waals surface area contributed by atoms with Crippen LogP contribution in [0.15, 0.2) is 40.8 Å². The maximum absolute atomic E-state index is 12.4. The summed E-state index contributed by atoms with van der Waals surface area (Å²) in [4.78, 5) is 39.5. The van der Waals surface area contributed by atoms with E-state index in [0.717, 1.165) is 5.56 Å². The van der Waals surface area contributed by atoms with Gasteiger partial charge < -0.3 is 24.3 Å². The lowest BCUT2D eigenvalue weighted by Gasteiger charge is -2.22. The molecule has 0 fully saturated rings. The van der Waals surface area contributed by atoms with Crippen molar-refractivity contribution in [3.63, 3.8) is 0 Å². The molecule has 156 valence electrons. The van der Waals surface area contributed by atoms with Crippen LogP contribution in [-0.4, -0.2) is 55.0 Å². The van der Waals surface area contributed by atoms with Gasteiger partial charge in [-0.1, -0.05) is 30.3 Å². The Hall–Kier alpha value is -3.29. The number of likely N-dealkylation sites (N-methyl/N-ethyl adjacent to an activating group) is 1. The molecule has 0 aliphatic heterocycles. The minimum absolute atomic E-state index is 0.103. The number of urea groups is 1. The predicted octanol–water partition coefficient (Wildman–Crippen LogP) is 2.56. The summed E-state index contributed by atoms with van der Waals surface area (Å²) in [7, 11) is 2.87. The van der Waals surface area contributed by atoms with Crippen LogP contribution < -0.4 is 5.32 Å². The number of carbonyl (C=O) groups excluding carboxylic acids is 3. The molecule has 3 amide bonds. The molecule has 0 saturated heterocycles. The first-order valence-electron chi connectivity index (χ1n) is 9.34. The molecule has 1 N–H and O–H groups in total. The van der Waals surface area contributed by atoms with Crippen LogP contribution in [0, 0.1) is 6.92 Å². The van der Waals surface area contributed by atoms with E-state index in [0.29, 0.717) is 30.2 Å². The van der Waals surface area contributed by atoms with E-state index in [1.54, 1.807) is 24.9 Å². The van der Waals surface area contributed by atoms with Gasteiger partial charge in [-0.25, -0.2) is 9.59 Å². The van der Waals surface area contributed by atoms with Crippen molar-refractivity contribution in [3.8, 4) is 0 Å². The Morgan fingerprint density at radius 2 is 1.83 bits per heavy atom. The highest BCUT2D eigenvalue weighted by Crippen LogP contribution is 2.17. The third-order valence-corrected chi connectivity index (χ3v) is 4.46. The normalized spacial score (nSPS) is 10.3. The average Bonchev–Trinajstić information content (AvgIpc) is 3.09. The highest BCUT2D eigenvalue weighted by molar-refractivity contribution is 5.90. The number of hydrogen-bond donors (Lipinski definition) is 1. The first-order chi connectivity index (χ1) is 13.8. The minimum atomic E-state index is -0.492. The Kier molecular flexibility index (Phi) is 7.82. The number of hydrogen-bond acceptors (Lipinski definition) is 5. The summed E-state index contributed by atoms with van der Waals surface area (Å²) in [5.41, 5.74) is 1.35. The van der Waals surface area contributed by atoms with Crippen molar-refractivity contribution in [2.45, 2.75) is 26.9 Å². The highest BCUT2D eigenvalue weighted by Gasteiger charge is 2.19. The Morgan fingerprint density at radius 3 is 2.45 bits per heavy atom. The quantitative estimate of drug-likeness (QED) is 0.687. The fourth-order valence-electron chi connectivity index (χ4n) is 2.82. The lowest BCUT2D eigenvalue weighted by atomic mass is 10.2. The molecule has 1 aromatic carbocycles. The maximum Gasteiger partial charge on any atom is 0.341 e. The number of ether oxygens (including phenoxy) is 1. The fraction of sp³-hybridized carbons (Fsp3) is 0.381. The first-order valence-corrected chi connectivity index (χ1v) is 9.34. The lowest BCUT2D eigenvalue weighted by molar-refractivity contribution is -0.130. The molecule has 2 rings (SSSR count). The molecule has 1 heterocycles. The lowest BCUT2D eigenvalue weighted by Crippen LogP contribution is -2.43. The van der Waals surface area contributed by atoms with Crippen LogP contribution in [-0.2, 0) is 22.6 Å². The Morgan fingerprint density at radius 1 is 1.14 bits per heavy atom. The number of carbonyl (C=O) groups is 3. The molecule has 0 aliphatic rings. The van der Waals surface area contributed by atoms with Crippen molar-refractivity contribution in [2.24, 2.45) is 0 Å². The van der Waals surface area contributed by atoms with E-state index in [9.17, 15) is 14.4 Å². The average molecular weight is 401 g/mol. The summed E-state index contributed by atoms with van der Waals surface area (Å²) in [5.74, 6) is 0.217. The van der Waals surface area contributed by atoms with Gasteiger partial charge in [-0.15, -0.1) is 0 Å². The van der Waals surface area contributed by atoms with E-state index < -0.39 is 12.0 Å². The number of benzene rings is 1. The monoisotopic (exact) mass is 401 g/mol. The van der Waals surface area contributed by atoms with Crippen molar-refractivity contribution < 1.29 is 23.5 Å². The number of nitrogens with zero attached hydrogens (tertiary/aromatic N) is 2. The molecule has 0 aliphatic carbocycles. The molecular weight excluding hydrogens is 374 g/mol. The number of nitrogens with one attached hydrogen (secondary N) is 1. The van der Waals surface area contributed by atoms with Gasteiger partial charge in [-0.3, -0.25) is 4.79 Å². The number of methoxy groups -OCH3 is 1. The number of esters is 1. The number of furan rings is 1. The standard InChI is InChI=1S/C21H27N3O5/c1-5-24(13-16-9-7-6-8-10-16)19(25)12-22-21(27)23(3)14-17-11-18(15(2)29-17)20(26)28-4/h6-11H,5,12-14H2,1-4H3,(H,22,27). The van der Waals surface area contributed by atoms with Gasteiger partial charge >= 0.3 is 12.0 Å². The van der Waals surface area contributed by atoms with Gasteiger partial charge in [0.2, 0.25) is 5.91 Å². The van der Waals surface area contributed by atoms with Gasteiger partial charge in [0.15, 0.2) is 0 Å². The van der Waals surface area contributed by atoms with Crippen LogP contribution in [0.2, 0.25) is 0 Å². The zero-order valence-electron chi connectivity index (χ0n) is 17.2. The van der Waals surface area contributed by atoms with Gasteiger partial charge in [-0.05, 0) is 25.5 Å². The van der Waals surface area contributed by atoms with Crippen molar-refractivity contribution >= 4 is 17.9 Å². The summed E-state index contributed by atoms with van der Waals surface area (Å²) < 4.78 is 10.2. The highest BCUT2D eigenvalue weighted by atomic mass is 16.5. The second-order valence-electron chi connectivity index (χ2n) is 6.58. The van der Waals surface area contributed by atoms with Crippen molar-refractivity contribution in [1.82, 2.24) is 15.1 Å². The Balaban J connectivity index is 1.87. The smallest absolute Gasteiger partial charge is 0.341 e. The van der Waals surface area contributed by atoms with E-state index in [2.05, 4.69) is 10.1 Å². The third kappa shape index (κ3) is 6.10. The van der Waals surface area contributed by atoms with Crippen molar-refractivity contribution in [3.05, 3.63) is 59.0 Å². The summed E-state index contributed by atoms with van der Waals surface area (Å²) in [6.45, 7) is 4.63. The summed E-state index contributed by atoms with van der Waals surface area (Å²) in [6.07, 6.45) is 0. The molecule has 0 atom stereocenters. The van der Waals surface area contributed by atoms with Crippen LogP contribution in [0.1, 0.15) is 34.4 Å². The minimum Gasteiger partial charge on any atom is -0.465 e. The van der Waals surface area contributed by atoms with E-state index >= 15 is 0 Å². The number of amides is 3. The van der Waals surface area contributed by atoms with Gasteiger partial charge in [-0.2, -0.15) is 0 Å². The Bertz CT molecular complexity index is 847. The van der Waals surface area contributed by atoms with Crippen LogP contribution >= 0.6 is 0 Å².